The molecule has 0 aliphatic rings. The summed E-state index contributed by atoms with van der Waals surface area (Å²) >= 11 is 0. The second-order valence-corrected chi connectivity index (χ2v) is 4.85. The molecule has 0 saturated carbocycles. The van der Waals surface area contributed by atoms with E-state index in [0.29, 0.717) is 23.4 Å². The average Bonchev–Trinajstić information content (AvgIpc) is 2.90. The molecule has 21 heavy (non-hydrogen) atoms. The maximum atomic E-state index is 12.1. The highest BCUT2D eigenvalue weighted by atomic mass is 16.3. The fourth-order valence-electron chi connectivity index (χ4n) is 2.23. The largest absolute Gasteiger partial charge is 0.504 e. The quantitative estimate of drug-likeness (QED) is 0.774. The fraction of sp³-hybridized carbons (Fsp3) is 0.125. The normalized spacial score (nSPS) is 10.7. The Hall–Kier alpha value is -2.82. The molecule has 0 saturated heterocycles. The Morgan fingerprint density at radius 3 is 2.86 bits per heavy atom. The van der Waals surface area contributed by atoms with Crippen molar-refractivity contribution in [2.45, 2.75) is 13.5 Å². The Bertz CT molecular complexity index is 808. The topological polar surface area (TPSA) is 66.6 Å². The highest BCUT2D eigenvalue weighted by molar-refractivity contribution is 5.95. The van der Waals surface area contributed by atoms with Crippen LogP contribution in [0.4, 0.5) is 0 Å². The van der Waals surface area contributed by atoms with E-state index in [1.54, 1.807) is 35.0 Å². The molecule has 2 aromatic heterocycles. The highest BCUT2D eigenvalue weighted by Crippen LogP contribution is 2.16. The second kappa shape index (κ2) is 5.28. The number of carbonyl (C=O) groups excluding carboxylic acids is 1. The predicted octanol–water partition coefficient (Wildman–Crippen LogP) is 2.28. The number of aromatic nitrogens is 2. The van der Waals surface area contributed by atoms with Crippen molar-refractivity contribution in [3.63, 3.8) is 0 Å². The van der Waals surface area contributed by atoms with Gasteiger partial charge in [0.1, 0.15) is 0 Å². The third-order valence-corrected chi connectivity index (χ3v) is 3.33. The van der Waals surface area contributed by atoms with Gasteiger partial charge in [-0.25, -0.2) is 4.98 Å². The van der Waals surface area contributed by atoms with E-state index < -0.39 is 0 Å². The number of rotatable bonds is 3. The number of amides is 1. The Morgan fingerprint density at radius 1 is 1.29 bits per heavy atom. The molecule has 0 radical (unpaired) electrons. The monoisotopic (exact) mass is 281 g/mol. The lowest BCUT2D eigenvalue weighted by molar-refractivity contribution is 0.0950. The zero-order valence-electron chi connectivity index (χ0n) is 11.6. The third-order valence-electron chi connectivity index (χ3n) is 3.33. The van der Waals surface area contributed by atoms with E-state index >= 15 is 0 Å². The SMILES string of the molecule is Cc1ccccc1C(=O)NCc1cn2cccc(O)c2n1. The number of nitrogens with zero attached hydrogens (tertiary/aromatic N) is 2. The number of aryl methyl sites for hydroxylation is 1. The smallest absolute Gasteiger partial charge is 0.251 e. The summed E-state index contributed by atoms with van der Waals surface area (Å²) in [5, 5.41) is 12.5. The molecule has 0 aliphatic heterocycles. The van der Waals surface area contributed by atoms with Gasteiger partial charge in [0.15, 0.2) is 11.4 Å². The molecule has 0 spiro atoms. The van der Waals surface area contributed by atoms with Crippen LogP contribution in [0.25, 0.3) is 5.65 Å². The standard InChI is InChI=1S/C16H15N3O2/c1-11-5-2-3-6-13(11)16(21)17-9-12-10-19-8-4-7-14(20)15(19)18-12/h2-8,10,20H,9H2,1H3,(H,17,21). The van der Waals surface area contributed by atoms with Crippen molar-refractivity contribution in [2.24, 2.45) is 0 Å². The lowest BCUT2D eigenvalue weighted by Gasteiger charge is -2.05. The zero-order valence-corrected chi connectivity index (χ0v) is 11.6. The molecular formula is C16H15N3O2. The number of pyridine rings is 1. The van der Waals surface area contributed by atoms with Crippen molar-refractivity contribution in [3.05, 3.63) is 65.6 Å². The lowest BCUT2D eigenvalue weighted by Crippen LogP contribution is -2.23. The first-order valence-corrected chi connectivity index (χ1v) is 6.64. The van der Waals surface area contributed by atoms with Crippen LogP contribution < -0.4 is 5.32 Å². The first-order chi connectivity index (χ1) is 10.1. The Kier molecular flexibility index (Phi) is 3.31. The first kappa shape index (κ1) is 13.2. The van der Waals surface area contributed by atoms with Crippen LogP contribution in [0.2, 0.25) is 0 Å². The second-order valence-electron chi connectivity index (χ2n) is 4.85. The molecule has 3 rings (SSSR count). The molecule has 0 atom stereocenters. The number of fused-ring (bicyclic) bond motifs is 1. The van der Waals surface area contributed by atoms with Gasteiger partial charge < -0.3 is 14.8 Å². The zero-order chi connectivity index (χ0) is 14.8. The summed E-state index contributed by atoms with van der Waals surface area (Å²) in [5.74, 6) is -0.0108. The van der Waals surface area contributed by atoms with Gasteiger partial charge in [-0.05, 0) is 30.7 Å². The van der Waals surface area contributed by atoms with Crippen molar-refractivity contribution < 1.29 is 9.90 Å². The molecule has 5 heteroatoms. The van der Waals surface area contributed by atoms with Crippen molar-refractivity contribution >= 4 is 11.6 Å². The van der Waals surface area contributed by atoms with Crippen molar-refractivity contribution in [2.75, 3.05) is 0 Å². The molecule has 2 heterocycles. The minimum Gasteiger partial charge on any atom is -0.504 e. The number of nitrogens with one attached hydrogen (secondary N) is 1. The van der Waals surface area contributed by atoms with Gasteiger partial charge in [0.2, 0.25) is 0 Å². The minimum atomic E-state index is -0.130. The highest BCUT2D eigenvalue weighted by Gasteiger charge is 2.10. The van der Waals surface area contributed by atoms with Gasteiger partial charge in [-0.2, -0.15) is 0 Å². The van der Waals surface area contributed by atoms with Crippen LogP contribution in [0.5, 0.6) is 5.75 Å². The fourth-order valence-corrected chi connectivity index (χ4v) is 2.23. The molecule has 5 nitrogen and oxygen atoms in total. The number of carbonyl (C=O) groups is 1. The molecule has 0 fully saturated rings. The van der Waals surface area contributed by atoms with E-state index in [1.807, 2.05) is 25.1 Å². The maximum absolute atomic E-state index is 12.1. The van der Waals surface area contributed by atoms with E-state index in [2.05, 4.69) is 10.3 Å². The van der Waals surface area contributed by atoms with Crippen LogP contribution in [-0.4, -0.2) is 20.4 Å². The summed E-state index contributed by atoms with van der Waals surface area (Å²) in [6.45, 7) is 2.21. The summed E-state index contributed by atoms with van der Waals surface area (Å²) in [4.78, 5) is 16.4. The molecule has 0 aliphatic carbocycles. The van der Waals surface area contributed by atoms with Crippen LogP contribution in [0.1, 0.15) is 21.6 Å². The van der Waals surface area contributed by atoms with Crippen LogP contribution >= 0.6 is 0 Å². The number of benzene rings is 1. The van der Waals surface area contributed by atoms with Crippen molar-refractivity contribution in [1.82, 2.24) is 14.7 Å². The molecule has 0 unspecified atom stereocenters. The van der Waals surface area contributed by atoms with Crippen LogP contribution in [0.15, 0.2) is 48.8 Å². The van der Waals surface area contributed by atoms with Gasteiger partial charge in [0.25, 0.3) is 5.91 Å². The van der Waals surface area contributed by atoms with E-state index in [9.17, 15) is 9.90 Å². The number of hydrogen-bond acceptors (Lipinski definition) is 3. The molecular weight excluding hydrogens is 266 g/mol. The van der Waals surface area contributed by atoms with Gasteiger partial charge in [-0.1, -0.05) is 18.2 Å². The first-order valence-electron chi connectivity index (χ1n) is 6.64. The van der Waals surface area contributed by atoms with Gasteiger partial charge in [0.05, 0.1) is 12.2 Å². The summed E-state index contributed by atoms with van der Waals surface area (Å²) in [6, 6.07) is 10.7. The van der Waals surface area contributed by atoms with Gasteiger partial charge in [-0.15, -0.1) is 0 Å². The van der Waals surface area contributed by atoms with E-state index in [0.717, 1.165) is 5.56 Å². The van der Waals surface area contributed by atoms with Crippen LogP contribution in [0.3, 0.4) is 0 Å². The molecule has 3 aromatic rings. The van der Waals surface area contributed by atoms with Gasteiger partial charge in [-0.3, -0.25) is 4.79 Å². The van der Waals surface area contributed by atoms with Crippen molar-refractivity contribution in [1.29, 1.82) is 0 Å². The third kappa shape index (κ3) is 2.58. The van der Waals surface area contributed by atoms with Gasteiger partial charge in [0, 0.05) is 18.0 Å². The Labute approximate surface area is 121 Å². The predicted molar refractivity (Wildman–Crippen MR) is 79.2 cm³/mol. The Balaban J connectivity index is 1.76. The lowest BCUT2D eigenvalue weighted by atomic mass is 10.1. The summed E-state index contributed by atoms with van der Waals surface area (Å²) in [6.07, 6.45) is 3.59. The summed E-state index contributed by atoms with van der Waals surface area (Å²) in [5.41, 5.74) is 2.77. The molecule has 106 valence electrons. The molecule has 0 bridgehead atoms. The molecule has 1 aromatic carbocycles. The Morgan fingerprint density at radius 2 is 2.10 bits per heavy atom. The summed E-state index contributed by atoms with van der Waals surface area (Å²) in [7, 11) is 0. The number of hydrogen-bond donors (Lipinski definition) is 2. The van der Waals surface area contributed by atoms with E-state index in [1.165, 1.54) is 0 Å². The average molecular weight is 281 g/mol. The maximum Gasteiger partial charge on any atom is 0.251 e. The number of imidazole rings is 1. The van der Waals surface area contributed by atoms with Crippen LogP contribution in [-0.2, 0) is 6.54 Å². The van der Waals surface area contributed by atoms with E-state index in [-0.39, 0.29) is 11.7 Å². The molecule has 1 amide bonds. The summed E-state index contributed by atoms with van der Waals surface area (Å²) < 4.78 is 1.73. The van der Waals surface area contributed by atoms with E-state index in [4.69, 9.17) is 0 Å². The van der Waals surface area contributed by atoms with Crippen LogP contribution in [0, 0.1) is 6.92 Å². The molecule has 2 N–H and O–H groups in total. The van der Waals surface area contributed by atoms with Crippen molar-refractivity contribution in [3.8, 4) is 5.75 Å². The number of aromatic hydroxyl groups is 1. The minimum absolute atomic E-state index is 0.119. The van der Waals surface area contributed by atoms with Gasteiger partial charge >= 0.3 is 0 Å².